The molecule has 7 heteroatoms. The number of hydrogen-bond donors (Lipinski definition) is 3. The zero-order valence-electron chi connectivity index (χ0n) is 20.0. The zero-order chi connectivity index (χ0) is 24.0. The quantitative estimate of drug-likeness (QED) is 0.618. The molecule has 0 fully saturated rings. The summed E-state index contributed by atoms with van der Waals surface area (Å²) in [6.45, 7) is 6.99. The van der Waals surface area contributed by atoms with Gasteiger partial charge >= 0.3 is 5.97 Å². The molecule has 7 nitrogen and oxygen atoms in total. The molecule has 2 bridgehead atoms. The van der Waals surface area contributed by atoms with Gasteiger partial charge in [-0.05, 0) is 36.8 Å². The van der Waals surface area contributed by atoms with Crippen molar-refractivity contribution in [1.82, 2.24) is 15.2 Å². The van der Waals surface area contributed by atoms with E-state index in [1.165, 1.54) is 0 Å². The lowest BCUT2D eigenvalue weighted by molar-refractivity contribution is -0.147. The smallest absolute Gasteiger partial charge is 0.307 e. The number of nitrogens with zero attached hydrogens (tertiary/aromatic N) is 1. The molecule has 2 amide bonds. The van der Waals surface area contributed by atoms with Gasteiger partial charge in [-0.3, -0.25) is 14.4 Å². The fraction of sp³-hybridized carbons (Fsp3) is 0.577. The molecule has 33 heavy (non-hydrogen) atoms. The molecule has 0 saturated heterocycles. The second-order valence-corrected chi connectivity index (χ2v) is 9.70. The van der Waals surface area contributed by atoms with E-state index < -0.39 is 23.8 Å². The van der Waals surface area contributed by atoms with Crippen LogP contribution in [0.4, 0.5) is 0 Å². The van der Waals surface area contributed by atoms with Crippen LogP contribution in [0.25, 0.3) is 10.9 Å². The number of amides is 2. The van der Waals surface area contributed by atoms with E-state index in [-0.39, 0.29) is 17.7 Å². The van der Waals surface area contributed by atoms with Crippen LogP contribution in [0.3, 0.4) is 0 Å². The van der Waals surface area contributed by atoms with Crippen LogP contribution in [-0.2, 0) is 27.3 Å². The van der Waals surface area contributed by atoms with Crippen molar-refractivity contribution in [3.8, 4) is 0 Å². The van der Waals surface area contributed by atoms with Crippen LogP contribution >= 0.6 is 0 Å². The topological polar surface area (TPSA) is 100 Å². The molecular weight excluding hydrogens is 418 g/mol. The summed E-state index contributed by atoms with van der Waals surface area (Å²) >= 11 is 0. The molecule has 0 spiro atoms. The normalized spacial score (nSPS) is 19.6. The summed E-state index contributed by atoms with van der Waals surface area (Å²) in [7, 11) is 0. The Bertz CT molecular complexity index is 981. The van der Waals surface area contributed by atoms with E-state index in [4.69, 9.17) is 0 Å². The number of aryl methyl sites for hydroxylation is 1. The maximum Gasteiger partial charge on any atom is 0.307 e. The number of aliphatic carboxylic acids is 1. The molecule has 1 aromatic carbocycles. The molecule has 1 aliphatic rings. The number of carbonyl (C=O) groups is 3. The maximum atomic E-state index is 13.2. The van der Waals surface area contributed by atoms with Gasteiger partial charge in [-0.1, -0.05) is 51.8 Å². The van der Waals surface area contributed by atoms with Crippen LogP contribution in [0.1, 0.15) is 58.4 Å². The number of carboxylic acid groups (broad SMARTS) is 1. The summed E-state index contributed by atoms with van der Waals surface area (Å²) in [5, 5.41) is 16.5. The van der Waals surface area contributed by atoms with Crippen molar-refractivity contribution in [2.75, 3.05) is 6.54 Å². The van der Waals surface area contributed by atoms with Gasteiger partial charge < -0.3 is 20.3 Å². The van der Waals surface area contributed by atoms with Crippen LogP contribution in [0.5, 0.6) is 0 Å². The van der Waals surface area contributed by atoms with Crippen molar-refractivity contribution in [1.29, 1.82) is 0 Å². The van der Waals surface area contributed by atoms with Gasteiger partial charge in [0.1, 0.15) is 6.04 Å². The Morgan fingerprint density at radius 3 is 2.61 bits per heavy atom. The minimum atomic E-state index is -1.00. The highest BCUT2D eigenvalue weighted by Gasteiger charge is 2.33. The number of rotatable bonds is 6. The average Bonchev–Trinajstić information content (AvgIpc) is 3.13. The number of carbonyl (C=O) groups excluding carboxylic acids is 2. The van der Waals surface area contributed by atoms with Crippen molar-refractivity contribution < 1.29 is 19.5 Å². The average molecular weight is 456 g/mol. The SMILES string of the molecule is CC(C)C[C@@H](C(=O)N[C@H]1Cc2cn(c3ccccc23)CCCCCCNC1=O)C(C)C(=O)O. The summed E-state index contributed by atoms with van der Waals surface area (Å²) in [6.07, 6.45) is 7.03. The number of benzene rings is 1. The standard InChI is InChI=1S/C26H37N3O4/c1-17(2)14-21(18(3)26(32)33)24(30)28-22-15-19-16-29(23-11-7-6-10-20(19)23)13-9-5-4-8-12-27-25(22)31/h6-7,10-11,16-18,21-22H,4-5,8-9,12-15H2,1-3H3,(H,27,31)(H,28,30)(H,32,33)/t18?,21-,22+/m1/s1. The number of para-hydroxylation sites is 1. The van der Waals surface area contributed by atoms with E-state index in [1.807, 2.05) is 26.0 Å². The number of fused-ring (bicyclic) bond motifs is 5. The first kappa shape index (κ1) is 24.8. The lowest BCUT2D eigenvalue weighted by Crippen LogP contribution is -2.51. The first-order valence-corrected chi connectivity index (χ1v) is 12.2. The van der Waals surface area contributed by atoms with E-state index in [0.717, 1.165) is 48.7 Å². The van der Waals surface area contributed by atoms with E-state index in [0.29, 0.717) is 19.4 Å². The molecule has 1 aliphatic heterocycles. The predicted octanol–water partition coefficient (Wildman–Crippen LogP) is 3.74. The number of hydrogen-bond acceptors (Lipinski definition) is 3. The summed E-state index contributed by atoms with van der Waals surface area (Å²) < 4.78 is 2.24. The monoisotopic (exact) mass is 455 g/mol. The van der Waals surface area contributed by atoms with Crippen molar-refractivity contribution in [3.63, 3.8) is 0 Å². The lowest BCUT2D eigenvalue weighted by Gasteiger charge is -2.25. The second kappa shape index (κ2) is 11.3. The Morgan fingerprint density at radius 2 is 1.88 bits per heavy atom. The van der Waals surface area contributed by atoms with Gasteiger partial charge in [0.25, 0.3) is 0 Å². The Kier molecular flexibility index (Phi) is 8.53. The number of nitrogens with one attached hydrogen (secondary N) is 2. The molecule has 0 radical (unpaired) electrons. The lowest BCUT2D eigenvalue weighted by atomic mass is 9.85. The van der Waals surface area contributed by atoms with Crippen LogP contribution in [0, 0.1) is 17.8 Å². The van der Waals surface area contributed by atoms with Gasteiger partial charge in [0.05, 0.1) is 11.8 Å². The maximum absolute atomic E-state index is 13.2. The fourth-order valence-corrected chi connectivity index (χ4v) is 4.69. The molecule has 1 aromatic heterocycles. The molecule has 3 rings (SSSR count). The Morgan fingerprint density at radius 1 is 1.15 bits per heavy atom. The molecule has 2 heterocycles. The molecule has 180 valence electrons. The molecule has 3 N–H and O–H groups in total. The highest BCUT2D eigenvalue weighted by molar-refractivity contribution is 5.91. The Hall–Kier alpha value is -2.83. The third kappa shape index (κ3) is 6.36. The number of carboxylic acids is 1. The van der Waals surface area contributed by atoms with Gasteiger partial charge in [0, 0.05) is 36.6 Å². The van der Waals surface area contributed by atoms with Crippen molar-refractivity contribution >= 4 is 28.7 Å². The second-order valence-electron chi connectivity index (χ2n) is 9.70. The molecule has 2 aromatic rings. The third-order valence-electron chi connectivity index (χ3n) is 6.61. The van der Waals surface area contributed by atoms with E-state index in [1.54, 1.807) is 6.92 Å². The molecule has 1 unspecified atom stereocenters. The van der Waals surface area contributed by atoms with Crippen LogP contribution < -0.4 is 10.6 Å². The molecular formula is C26H37N3O4. The van der Waals surface area contributed by atoms with Crippen molar-refractivity contribution in [2.45, 2.75) is 71.9 Å². The Labute approximate surface area is 195 Å². The van der Waals surface area contributed by atoms with Crippen LogP contribution in [-0.4, -0.2) is 40.0 Å². The highest BCUT2D eigenvalue weighted by atomic mass is 16.4. The fourth-order valence-electron chi connectivity index (χ4n) is 4.69. The Balaban J connectivity index is 1.91. The largest absolute Gasteiger partial charge is 0.481 e. The van der Waals surface area contributed by atoms with Crippen molar-refractivity contribution in [2.24, 2.45) is 17.8 Å². The highest BCUT2D eigenvalue weighted by Crippen LogP contribution is 2.25. The summed E-state index contributed by atoms with van der Waals surface area (Å²) in [5.74, 6) is -2.95. The summed E-state index contributed by atoms with van der Waals surface area (Å²) in [4.78, 5) is 38.0. The van der Waals surface area contributed by atoms with Gasteiger partial charge in [-0.2, -0.15) is 0 Å². The summed E-state index contributed by atoms with van der Waals surface area (Å²) in [6, 6.07) is 7.39. The van der Waals surface area contributed by atoms with Gasteiger partial charge in [0.2, 0.25) is 11.8 Å². The van der Waals surface area contributed by atoms with Gasteiger partial charge in [-0.15, -0.1) is 0 Å². The minimum Gasteiger partial charge on any atom is -0.481 e. The third-order valence-corrected chi connectivity index (χ3v) is 6.61. The molecule has 0 aliphatic carbocycles. The van der Waals surface area contributed by atoms with Gasteiger partial charge in [-0.25, -0.2) is 0 Å². The van der Waals surface area contributed by atoms with Gasteiger partial charge in [0.15, 0.2) is 0 Å². The summed E-state index contributed by atoms with van der Waals surface area (Å²) in [5.41, 5.74) is 2.14. The first-order chi connectivity index (χ1) is 15.8. The molecule has 3 atom stereocenters. The van der Waals surface area contributed by atoms with Crippen LogP contribution in [0.2, 0.25) is 0 Å². The predicted molar refractivity (Wildman–Crippen MR) is 129 cm³/mol. The van der Waals surface area contributed by atoms with Crippen LogP contribution in [0.15, 0.2) is 30.5 Å². The zero-order valence-corrected chi connectivity index (χ0v) is 20.0. The van der Waals surface area contributed by atoms with E-state index in [2.05, 4.69) is 33.5 Å². The first-order valence-electron chi connectivity index (χ1n) is 12.2. The van der Waals surface area contributed by atoms with E-state index in [9.17, 15) is 19.5 Å². The van der Waals surface area contributed by atoms with Crippen molar-refractivity contribution in [3.05, 3.63) is 36.0 Å². The number of aromatic nitrogens is 1. The minimum absolute atomic E-state index is 0.161. The molecule has 0 saturated carbocycles. The van der Waals surface area contributed by atoms with E-state index >= 15 is 0 Å².